The second-order valence-corrected chi connectivity index (χ2v) is 8.88. The van der Waals surface area contributed by atoms with Crippen LogP contribution in [0.1, 0.15) is 47.8 Å². The fourth-order valence-corrected chi connectivity index (χ4v) is 3.32. The summed E-state index contributed by atoms with van der Waals surface area (Å²) in [6.07, 6.45) is 0.281. The van der Waals surface area contributed by atoms with E-state index in [1.54, 1.807) is 12.1 Å². The molecule has 0 bridgehead atoms. The van der Waals surface area contributed by atoms with Crippen molar-refractivity contribution in [2.24, 2.45) is 5.73 Å². The molecule has 0 saturated heterocycles. The standard InChI is InChI=1S/C27H30N2O3/c1-27(2,3)22-14-12-21(13-15-22)26(31)29-24(25(28)30)17-20-10-7-11-23(16-20)32-18-19-8-5-4-6-9-19/h4-16,24H,17-18H2,1-3H3,(H2,28,30)(H,29,31)/t24-/m0/s1. The molecule has 3 N–H and O–H groups in total. The van der Waals surface area contributed by atoms with Gasteiger partial charge in [-0.2, -0.15) is 0 Å². The van der Waals surface area contributed by atoms with E-state index in [9.17, 15) is 9.59 Å². The zero-order chi connectivity index (χ0) is 23.1. The van der Waals surface area contributed by atoms with Crippen LogP contribution in [0.3, 0.4) is 0 Å². The molecule has 3 rings (SSSR count). The van der Waals surface area contributed by atoms with Gasteiger partial charge in [-0.25, -0.2) is 0 Å². The Morgan fingerprint density at radius 2 is 1.56 bits per heavy atom. The van der Waals surface area contributed by atoms with E-state index in [1.165, 1.54) is 0 Å². The summed E-state index contributed by atoms with van der Waals surface area (Å²) in [4.78, 5) is 24.7. The summed E-state index contributed by atoms with van der Waals surface area (Å²) < 4.78 is 5.86. The fraction of sp³-hybridized carbons (Fsp3) is 0.259. The number of benzene rings is 3. The quantitative estimate of drug-likeness (QED) is 0.556. The molecule has 0 heterocycles. The van der Waals surface area contributed by atoms with Gasteiger partial charge in [-0.15, -0.1) is 0 Å². The van der Waals surface area contributed by atoms with E-state index in [1.807, 2.05) is 66.7 Å². The monoisotopic (exact) mass is 430 g/mol. The molecule has 3 aromatic carbocycles. The van der Waals surface area contributed by atoms with Gasteiger partial charge < -0.3 is 15.8 Å². The smallest absolute Gasteiger partial charge is 0.251 e. The number of amides is 2. The first-order valence-electron chi connectivity index (χ1n) is 10.7. The minimum atomic E-state index is -0.825. The van der Waals surface area contributed by atoms with E-state index >= 15 is 0 Å². The predicted molar refractivity (Wildman–Crippen MR) is 127 cm³/mol. The van der Waals surface area contributed by atoms with Crippen LogP contribution < -0.4 is 15.8 Å². The lowest BCUT2D eigenvalue weighted by molar-refractivity contribution is -0.119. The summed E-state index contributed by atoms with van der Waals surface area (Å²) in [6, 6.07) is 23.9. The number of carbonyl (C=O) groups excluding carboxylic acids is 2. The predicted octanol–water partition coefficient (Wildman–Crippen LogP) is 4.39. The number of rotatable bonds is 8. The van der Waals surface area contributed by atoms with Gasteiger partial charge in [0.15, 0.2) is 0 Å². The van der Waals surface area contributed by atoms with Gasteiger partial charge in [0.1, 0.15) is 18.4 Å². The maximum Gasteiger partial charge on any atom is 0.251 e. The van der Waals surface area contributed by atoms with E-state index in [-0.39, 0.29) is 17.7 Å². The molecule has 0 aliphatic rings. The Labute approximate surface area is 189 Å². The molecule has 5 nitrogen and oxygen atoms in total. The van der Waals surface area contributed by atoms with Crippen molar-refractivity contribution in [3.05, 3.63) is 101 Å². The number of primary amides is 1. The van der Waals surface area contributed by atoms with Gasteiger partial charge in [-0.1, -0.05) is 75.4 Å². The van der Waals surface area contributed by atoms with Crippen LogP contribution in [-0.4, -0.2) is 17.9 Å². The SMILES string of the molecule is CC(C)(C)c1ccc(C(=O)N[C@@H](Cc2cccc(OCc3ccccc3)c2)C(N)=O)cc1. The van der Waals surface area contributed by atoms with E-state index in [4.69, 9.17) is 10.5 Å². The zero-order valence-electron chi connectivity index (χ0n) is 18.8. The third kappa shape index (κ3) is 6.45. The molecule has 1 atom stereocenters. The average Bonchev–Trinajstić information content (AvgIpc) is 2.77. The van der Waals surface area contributed by atoms with Gasteiger partial charge in [0, 0.05) is 12.0 Å². The molecule has 0 aliphatic carbocycles. The maximum absolute atomic E-state index is 12.7. The largest absolute Gasteiger partial charge is 0.489 e. The van der Waals surface area contributed by atoms with Crippen LogP contribution in [0.15, 0.2) is 78.9 Å². The van der Waals surface area contributed by atoms with Crippen LogP contribution in [0, 0.1) is 0 Å². The van der Waals surface area contributed by atoms with Crippen molar-refractivity contribution in [2.45, 2.75) is 45.3 Å². The Morgan fingerprint density at radius 1 is 0.906 bits per heavy atom. The zero-order valence-corrected chi connectivity index (χ0v) is 18.8. The van der Waals surface area contributed by atoms with Crippen molar-refractivity contribution in [2.75, 3.05) is 0 Å². The summed E-state index contributed by atoms with van der Waals surface area (Å²) in [5.74, 6) is -0.218. The van der Waals surface area contributed by atoms with Gasteiger partial charge in [-0.05, 0) is 46.4 Å². The molecule has 3 aromatic rings. The first kappa shape index (κ1) is 23.1. The van der Waals surface area contributed by atoms with Gasteiger partial charge in [0.2, 0.25) is 5.91 Å². The molecule has 0 spiro atoms. The third-order valence-electron chi connectivity index (χ3n) is 5.25. The minimum absolute atomic E-state index is 0.00162. The van der Waals surface area contributed by atoms with Crippen LogP contribution in [0.2, 0.25) is 0 Å². The van der Waals surface area contributed by atoms with Crippen molar-refractivity contribution in [3.63, 3.8) is 0 Å². The number of carbonyl (C=O) groups is 2. The van der Waals surface area contributed by atoms with Crippen LogP contribution in [0.5, 0.6) is 5.75 Å². The maximum atomic E-state index is 12.7. The highest BCUT2D eigenvalue weighted by atomic mass is 16.5. The highest BCUT2D eigenvalue weighted by Crippen LogP contribution is 2.22. The van der Waals surface area contributed by atoms with Gasteiger partial charge >= 0.3 is 0 Å². The normalized spacial score (nSPS) is 12.1. The van der Waals surface area contributed by atoms with Crippen molar-refractivity contribution < 1.29 is 14.3 Å². The molecule has 5 heteroatoms. The summed E-state index contributed by atoms with van der Waals surface area (Å²) in [5.41, 5.74) is 9.12. The van der Waals surface area contributed by atoms with Crippen LogP contribution in [-0.2, 0) is 23.2 Å². The summed E-state index contributed by atoms with van der Waals surface area (Å²) in [5, 5.41) is 2.76. The van der Waals surface area contributed by atoms with Crippen molar-refractivity contribution in [1.82, 2.24) is 5.32 Å². The molecule has 2 amide bonds. The Hall–Kier alpha value is -3.60. The van der Waals surface area contributed by atoms with Crippen molar-refractivity contribution in [3.8, 4) is 5.75 Å². The second kappa shape index (κ2) is 10.1. The highest BCUT2D eigenvalue weighted by Gasteiger charge is 2.20. The summed E-state index contributed by atoms with van der Waals surface area (Å²) in [7, 11) is 0. The lowest BCUT2D eigenvalue weighted by Gasteiger charge is -2.20. The first-order chi connectivity index (χ1) is 15.2. The van der Waals surface area contributed by atoms with Crippen molar-refractivity contribution in [1.29, 1.82) is 0 Å². The van der Waals surface area contributed by atoms with Crippen LogP contribution in [0.4, 0.5) is 0 Å². The Balaban J connectivity index is 1.65. The Kier molecular flexibility index (Phi) is 7.31. The molecular weight excluding hydrogens is 400 g/mol. The lowest BCUT2D eigenvalue weighted by atomic mass is 9.86. The molecule has 0 radical (unpaired) electrons. The highest BCUT2D eigenvalue weighted by molar-refractivity contribution is 5.97. The number of nitrogens with two attached hydrogens (primary N) is 1. The molecule has 32 heavy (non-hydrogen) atoms. The van der Waals surface area contributed by atoms with E-state index in [2.05, 4.69) is 26.1 Å². The number of ether oxygens (including phenoxy) is 1. The Bertz CT molecular complexity index is 1050. The van der Waals surface area contributed by atoms with E-state index in [0.717, 1.165) is 16.7 Å². The van der Waals surface area contributed by atoms with E-state index in [0.29, 0.717) is 17.9 Å². The molecule has 0 unspecified atom stereocenters. The lowest BCUT2D eigenvalue weighted by Crippen LogP contribution is -2.45. The van der Waals surface area contributed by atoms with Crippen molar-refractivity contribution >= 4 is 11.8 Å². The van der Waals surface area contributed by atoms with Crippen LogP contribution in [0.25, 0.3) is 0 Å². The molecule has 166 valence electrons. The minimum Gasteiger partial charge on any atom is -0.489 e. The Morgan fingerprint density at radius 3 is 2.19 bits per heavy atom. The number of nitrogens with one attached hydrogen (secondary N) is 1. The van der Waals surface area contributed by atoms with Gasteiger partial charge in [0.05, 0.1) is 0 Å². The second-order valence-electron chi connectivity index (χ2n) is 8.88. The first-order valence-corrected chi connectivity index (χ1v) is 10.7. The molecule has 0 fully saturated rings. The van der Waals surface area contributed by atoms with E-state index < -0.39 is 11.9 Å². The fourth-order valence-electron chi connectivity index (χ4n) is 3.32. The molecule has 0 saturated carbocycles. The molecule has 0 aromatic heterocycles. The van der Waals surface area contributed by atoms with Gasteiger partial charge in [0.25, 0.3) is 5.91 Å². The topological polar surface area (TPSA) is 81.4 Å². The number of hydrogen-bond donors (Lipinski definition) is 2. The van der Waals surface area contributed by atoms with Gasteiger partial charge in [-0.3, -0.25) is 9.59 Å². The average molecular weight is 431 g/mol. The number of hydrogen-bond acceptors (Lipinski definition) is 3. The molecule has 0 aliphatic heterocycles. The summed E-state index contributed by atoms with van der Waals surface area (Å²) in [6.45, 7) is 6.79. The third-order valence-corrected chi connectivity index (χ3v) is 5.25. The van der Waals surface area contributed by atoms with Crippen LogP contribution >= 0.6 is 0 Å². The molecular formula is C27H30N2O3. The summed E-state index contributed by atoms with van der Waals surface area (Å²) >= 11 is 0.